The van der Waals surface area contributed by atoms with Crippen LogP contribution in [0.4, 0.5) is 0 Å². The van der Waals surface area contributed by atoms with Crippen LogP contribution in [0.25, 0.3) is 0 Å². The number of rotatable bonds is 5. The lowest BCUT2D eigenvalue weighted by Crippen LogP contribution is -2.37. The Morgan fingerprint density at radius 3 is 2.40 bits per heavy atom. The second-order valence-corrected chi connectivity index (χ2v) is 7.78. The lowest BCUT2D eigenvalue weighted by Gasteiger charge is -2.28. The number of nitrogens with one attached hydrogen (secondary N) is 1. The predicted octanol–water partition coefficient (Wildman–Crippen LogP) is 3.38. The average Bonchev–Trinajstić information content (AvgIpc) is 3.16. The molecule has 132 valence electrons. The number of nitrogens with zero attached hydrogens (tertiary/aromatic N) is 1. The van der Waals surface area contributed by atoms with Crippen LogP contribution in [0.1, 0.15) is 48.8 Å². The Balaban J connectivity index is 1.86. The Bertz CT molecular complexity index is 838. The van der Waals surface area contributed by atoms with Crippen molar-refractivity contribution in [3.05, 3.63) is 69.6 Å². The van der Waals surface area contributed by atoms with Gasteiger partial charge in [-0.2, -0.15) is 0 Å². The molecule has 1 aliphatic rings. The van der Waals surface area contributed by atoms with Crippen molar-refractivity contribution in [2.45, 2.75) is 39.0 Å². The minimum atomic E-state index is -0.222. The molecule has 1 aliphatic carbocycles. The van der Waals surface area contributed by atoms with Gasteiger partial charge in [0.15, 0.2) is 0 Å². The first kappa shape index (κ1) is 17.5. The molecule has 1 amide bonds. The van der Waals surface area contributed by atoms with E-state index in [1.807, 2.05) is 20.0 Å². The molecule has 3 rings (SSSR count). The summed E-state index contributed by atoms with van der Waals surface area (Å²) in [7, 11) is 1.83. The second-order valence-electron chi connectivity index (χ2n) is 7.78. The number of aromatic nitrogens is 1. The van der Waals surface area contributed by atoms with Crippen molar-refractivity contribution in [3.8, 4) is 0 Å². The number of pyridine rings is 1. The highest BCUT2D eigenvalue weighted by atomic mass is 16.2. The van der Waals surface area contributed by atoms with Gasteiger partial charge in [-0.1, -0.05) is 51.1 Å². The second kappa shape index (κ2) is 6.17. The topological polar surface area (TPSA) is 53.2 Å². The Hall–Kier alpha value is -2.36. The minimum Gasteiger partial charge on any atom is -0.341 e. The minimum absolute atomic E-state index is 0.0204. The van der Waals surface area contributed by atoms with Crippen LogP contribution in [-0.4, -0.2) is 29.4 Å². The number of amides is 1. The van der Waals surface area contributed by atoms with Gasteiger partial charge >= 0.3 is 0 Å². The summed E-state index contributed by atoms with van der Waals surface area (Å²) in [6, 6.07) is 13.6. The Morgan fingerprint density at radius 2 is 1.84 bits per heavy atom. The van der Waals surface area contributed by atoms with E-state index in [4.69, 9.17) is 0 Å². The number of carbonyl (C=O) groups excluding carboxylic acids is 1. The quantitative estimate of drug-likeness (QED) is 0.909. The Morgan fingerprint density at radius 1 is 1.20 bits per heavy atom. The van der Waals surface area contributed by atoms with Crippen molar-refractivity contribution >= 4 is 5.91 Å². The van der Waals surface area contributed by atoms with Crippen molar-refractivity contribution in [1.82, 2.24) is 9.88 Å². The summed E-state index contributed by atoms with van der Waals surface area (Å²) in [5, 5.41) is 0. The molecule has 0 bridgehead atoms. The maximum absolute atomic E-state index is 12.9. The molecular formula is C21H26N2O2. The first-order valence-electron chi connectivity index (χ1n) is 8.83. The zero-order valence-corrected chi connectivity index (χ0v) is 15.4. The number of likely N-dealkylation sites (N-methyl/N-ethyl adjacent to an activating group) is 1. The molecule has 1 saturated carbocycles. The number of hydrogen-bond acceptors (Lipinski definition) is 2. The zero-order chi connectivity index (χ0) is 18.2. The SMILES string of the molecule is CCc1cc(C(=O)N(C)C[C@@]2(c3ccccc3)CC2(C)C)cc(=O)[nH]1. The average molecular weight is 338 g/mol. The third-order valence-corrected chi connectivity index (χ3v) is 5.62. The van der Waals surface area contributed by atoms with Crippen LogP contribution < -0.4 is 5.56 Å². The van der Waals surface area contributed by atoms with Crippen LogP contribution in [0.15, 0.2) is 47.3 Å². The highest BCUT2D eigenvalue weighted by Gasteiger charge is 2.62. The third kappa shape index (κ3) is 3.13. The largest absolute Gasteiger partial charge is 0.341 e. The fourth-order valence-electron chi connectivity index (χ4n) is 3.93. The van der Waals surface area contributed by atoms with Gasteiger partial charge < -0.3 is 9.88 Å². The monoisotopic (exact) mass is 338 g/mol. The van der Waals surface area contributed by atoms with Crippen LogP contribution in [0.2, 0.25) is 0 Å². The molecule has 0 radical (unpaired) electrons. The maximum Gasteiger partial charge on any atom is 0.253 e. The van der Waals surface area contributed by atoms with Gasteiger partial charge in [0.2, 0.25) is 5.56 Å². The van der Waals surface area contributed by atoms with Gasteiger partial charge in [-0.15, -0.1) is 0 Å². The van der Waals surface area contributed by atoms with Gasteiger partial charge in [0.25, 0.3) is 5.91 Å². The zero-order valence-electron chi connectivity index (χ0n) is 15.4. The van der Waals surface area contributed by atoms with Crippen LogP contribution in [0.3, 0.4) is 0 Å². The molecule has 1 atom stereocenters. The van der Waals surface area contributed by atoms with Crippen molar-refractivity contribution in [2.24, 2.45) is 5.41 Å². The summed E-state index contributed by atoms with van der Waals surface area (Å²) in [6.45, 7) is 7.11. The Kier molecular flexibility index (Phi) is 4.31. The van der Waals surface area contributed by atoms with Gasteiger partial charge in [-0.3, -0.25) is 9.59 Å². The normalized spacial score (nSPS) is 21.0. The van der Waals surface area contributed by atoms with Gasteiger partial charge in [0.1, 0.15) is 0 Å². The summed E-state index contributed by atoms with van der Waals surface area (Å²) >= 11 is 0. The number of aryl methyl sites for hydroxylation is 1. The van der Waals surface area contributed by atoms with Crippen molar-refractivity contribution < 1.29 is 4.79 Å². The van der Waals surface area contributed by atoms with Crippen LogP contribution in [0, 0.1) is 5.41 Å². The van der Waals surface area contributed by atoms with Crippen LogP contribution in [-0.2, 0) is 11.8 Å². The van der Waals surface area contributed by atoms with E-state index in [9.17, 15) is 9.59 Å². The molecule has 0 saturated heterocycles. The van der Waals surface area contributed by atoms with E-state index in [-0.39, 0.29) is 22.3 Å². The summed E-state index contributed by atoms with van der Waals surface area (Å²) in [5.41, 5.74) is 2.44. The molecule has 0 spiro atoms. The summed E-state index contributed by atoms with van der Waals surface area (Å²) in [5.74, 6) is -0.0983. The molecular weight excluding hydrogens is 312 g/mol. The third-order valence-electron chi connectivity index (χ3n) is 5.62. The van der Waals surface area contributed by atoms with Gasteiger partial charge in [-0.25, -0.2) is 0 Å². The molecule has 0 aliphatic heterocycles. The van der Waals surface area contributed by atoms with Crippen molar-refractivity contribution in [1.29, 1.82) is 0 Å². The molecule has 25 heavy (non-hydrogen) atoms. The van der Waals surface area contributed by atoms with E-state index in [0.29, 0.717) is 18.5 Å². The first-order chi connectivity index (χ1) is 11.8. The molecule has 0 unspecified atom stereocenters. The van der Waals surface area contributed by atoms with Gasteiger partial charge in [0.05, 0.1) is 0 Å². The molecule has 4 nitrogen and oxygen atoms in total. The van der Waals surface area contributed by atoms with E-state index in [0.717, 1.165) is 12.1 Å². The number of aromatic amines is 1. The summed E-state index contributed by atoms with van der Waals surface area (Å²) in [4.78, 5) is 29.2. The summed E-state index contributed by atoms with van der Waals surface area (Å²) < 4.78 is 0. The standard InChI is InChI=1S/C21H26N2O2/c1-5-17-11-15(12-18(24)22-17)19(25)23(4)14-21(13-20(21,2)3)16-9-7-6-8-10-16/h6-12H,5,13-14H2,1-4H3,(H,22,24)/t21-/m1/s1. The van der Waals surface area contributed by atoms with E-state index in [2.05, 4.69) is 43.1 Å². The molecule has 2 aromatic rings. The van der Waals surface area contributed by atoms with Crippen molar-refractivity contribution in [2.75, 3.05) is 13.6 Å². The lowest BCUT2D eigenvalue weighted by atomic mass is 9.87. The van der Waals surface area contributed by atoms with Gasteiger partial charge in [0, 0.05) is 36.3 Å². The maximum atomic E-state index is 12.9. The molecule has 1 N–H and O–H groups in total. The number of hydrogen-bond donors (Lipinski definition) is 1. The summed E-state index contributed by atoms with van der Waals surface area (Å²) in [6.07, 6.45) is 1.75. The number of carbonyl (C=O) groups is 1. The molecule has 4 heteroatoms. The molecule has 1 aromatic heterocycles. The predicted molar refractivity (Wildman–Crippen MR) is 99.9 cm³/mol. The van der Waals surface area contributed by atoms with Crippen LogP contribution >= 0.6 is 0 Å². The highest BCUT2D eigenvalue weighted by Crippen LogP contribution is 2.64. The lowest BCUT2D eigenvalue weighted by molar-refractivity contribution is 0.0774. The van der Waals surface area contributed by atoms with E-state index in [1.54, 1.807) is 11.0 Å². The Labute approximate surface area is 148 Å². The fraction of sp³-hybridized carbons (Fsp3) is 0.429. The van der Waals surface area contributed by atoms with Crippen LogP contribution in [0.5, 0.6) is 0 Å². The van der Waals surface area contributed by atoms with E-state index < -0.39 is 0 Å². The number of benzene rings is 1. The van der Waals surface area contributed by atoms with Crippen molar-refractivity contribution in [3.63, 3.8) is 0 Å². The van der Waals surface area contributed by atoms with E-state index >= 15 is 0 Å². The molecule has 1 heterocycles. The molecule has 1 aromatic carbocycles. The van der Waals surface area contributed by atoms with E-state index in [1.165, 1.54) is 11.6 Å². The van der Waals surface area contributed by atoms with Gasteiger partial charge in [-0.05, 0) is 29.9 Å². The number of H-pyrrole nitrogens is 1. The fourth-order valence-corrected chi connectivity index (χ4v) is 3.93. The highest BCUT2D eigenvalue weighted by molar-refractivity contribution is 5.94. The smallest absolute Gasteiger partial charge is 0.253 e. The molecule has 1 fully saturated rings. The first-order valence-corrected chi connectivity index (χ1v) is 8.83.